The van der Waals surface area contributed by atoms with E-state index in [1.165, 1.54) is 41.3 Å². The van der Waals surface area contributed by atoms with E-state index in [0.717, 1.165) is 30.5 Å². The van der Waals surface area contributed by atoms with Crippen LogP contribution in [0.5, 0.6) is 5.75 Å². The van der Waals surface area contributed by atoms with Gasteiger partial charge in [0.1, 0.15) is 11.6 Å². The molecule has 1 aliphatic rings. The molecule has 1 fully saturated rings. The van der Waals surface area contributed by atoms with Crippen LogP contribution in [0.3, 0.4) is 0 Å². The molecule has 1 amide bonds. The molecule has 1 aliphatic heterocycles. The predicted molar refractivity (Wildman–Crippen MR) is 119 cm³/mol. The summed E-state index contributed by atoms with van der Waals surface area (Å²) in [5, 5.41) is 0.312. The maximum absolute atomic E-state index is 13.7. The fourth-order valence-corrected chi connectivity index (χ4v) is 4.35. The van der Waals surface area contributed by atoms with E-state index in [0.29, 0.717) is 35.1 Å². The van der Waals surface area contributed by atoms with Gasteiger partial charge >= 0.3 is 6.36 Å². The van der Waals surface area contributed by atoms with Crippen LogP contribution in [-0.4, -0.2) is 61.5 Å². The SMILES string of the molecule is Cl.O=C(c1cccc(F)c1)N(CCN1CCOCC1)c1nc2ccc(OC(F)(F)F)cc2s1. The van der Waals surface area contributed by atoms with Crippen molar-refractivity contribution in [3.8, 4) is 5.75 Å². The number of rotatable bonds is 6. The Morgan fingerprint density at radius 2 is 1.94 bits per heavy atom. The van der Waals surface area contributed by atoms with Gasteiger partial charge in [-0.3, -0.25) is 14.6 Å². The molecule has 6 nitrogen and oxygen atoms in total. The maximum Gasteiger partial charge on any atom is 0.573 e. The Hall–Kier alpha value is -2.47. The van der Waals surface area contributed by atoms with Crippen molar-refractivity contribution in [1.29, 1.82) is 0 Å². The van der Waals surface area contributed by atoms with E-state index in [4.69, 9.17) is 4.74 Å². The maximum atomic E-state index is 13.7. The molecule has 4 rings (SSSR count). The predicted octanol–water partition coefficient (Wildman–Crippen LogP) is 4.73. The van der Waals surface area contributed by atoms with E-state index in [1.807, 2.05) is 0 Å². The van der Waals surface area contributed by atoms with Crippen LogP contribution in [0.4, 0.5) is 22.7 Å². The molecule has 2 aromatic carbocycles. The molecule has 3 aromatic rings. The first kappa shape index (κ1) is 25.2. The topological polar surface area (TPSA) is 54.9 Å². The highest BCUT2D eigenvalue weighted by atomic mass is 35.5. The fourth-order valence-electron chi connectivity index (χ4n) is 3.33. The van der Waals surface area contributed by atoms with E-state index in [-0.39, 0.29) is 30.3 Å². The average Bonchev–Trinajstić information content (AvgIpc) is 3.16. The molecule has 33 heavy (non-hydrogen) atoms. The van der Waals surface area contributed by atoms with E-state index in [9.17, 15) is 22.4 Å². The molecule has 0 radical (unpaired) electrons. The molecule has 0 aliphatic carbocycles. The first-order chi connectivity index (χ1) is 15.3. The number of fused-ring (bicyclic) bond motifs is 1. The first-order valence-corrected chi connectivity index (χ1v) is 10.6. The molecule has 0 saturated carbocycles. The molecule has 2 heterocycles. The number of carbonyl (C=O) groups excluding carboxylic acids is 1. The third-order valence-electron chi connectivity index (χ3n) is 4.87. The van der Waals surface area contributed by atoms with Gasteiger partial charge in [-0.25, -0.2) is 9.37 Å². The lowest BCUT2D eigenvalue weighted by Crippen LogP contribution is -2.43. The standard InChI is InChI=1S/C21H19F4N3O3S.ClH/c22-15-3-1-2-14(12-15)19(29)28(7-6-27-8-10-30-11-9-27)20-26-17-5-4-16(13-18(17)32-20)31-21(23,24)25;/h1-5,12-13H,6-11H2;1H. The largest absolute Gasteiger partial charge is 0.573 e. The molecular formula is C21H20ClF4N3O3S. The Balaban J connectivity index is 0.00000306. The second kappa shape index (κ2) is 10.6. The second-order valence-corrected chi connectivity index (χ2v) is 8.10. The van der Waals surface area contributed by atoms with Crippen molar-refractivity contribution in [3.63, 3.8) is 0 Å². The highest BCUT2D eigenvalue weighted by Gasteiger charge is 2.31. The van der Waals surface area contributed by atoms with Crippen LogP contribution in [0.15, 0.2) is 42.5 Å². The lowest BCUT2D eigenvalue weighted by atomic mass is 10.2. The Kier molecular flexibility index (Phi) is 8.11. The van der Waals surface area contributed by atoms with Crippen LogP contribution in [0, 0.1) is 5.82 Å². The summed E-state index contributed by atoms with van der Waals surface area (Å²) in [5.41, 5.74) is 0.593. The van der Waals surface area contributed by atoms with Gasteiger partial charge in [0.25, 0.3) is 5.91 Å². The number of nitrogens with zero attached hydrogens (tertiary/aromatic N) is 3. The lowest BCUT2D eigenvalue weighted by molar-refractivity contribution is -0.274. The van der Waals surface area contributed by atoms with Crippen LogP contribution < -0.4 is 9.64 Å². The first-order valence-electron chi connectivity index (χ1n) is 9.82. The van der Waals surface area contributed by atoms with Gasteiger partial charge in [-0.05, 0) is 30.3 Å². The second-order valence-electron chi connectivity index (χ2n) is 7.09. The number of hydrogen-bond donors (Lipinski definition) is 0. The van der Waals surface area contributed by atoms with Gasteiger partial charge in [-0.1, -0.05) is 17.4 Å². The van der Waals surface area contributed by atoms with Crippen LogP contribution in [0.1, 0.15) is 10.4 Å². The minimum atomic E-state index is -4.81. The summed E-state index contributed by atoms with van der Waals surface area (Å²) in [7, 11) is 0. The minimum Gasteiger partial charge on any atom is -0.406 e. The number of halogens is 5. The van der Waals surface area contributed by atoms with E-state index in [1.54, 1.807) is 0 Å². The van der Waals surface area contributed by atoms with Gasteiger partial charge in [0.2, 0.25) is 0 Å². The third kappa shape index (κ3) is 6.53. The highest BCUT2D eigenvalue weighted by molar-refractivity contribution is 7.22. The van der Waals surface area contributed by atoms with E-state index in [2.05, 4.69) is 14.6 Å². The average molecular weight is 506 g/mol. The van der Waals surface area contributed by atoms with Gasteiger partial charge in [-0.2, -0.15) is 0 Å². The van der Waals surface area contributed by atoms with Crippen molar-refractivity contribution in [2.75, 3.05) is 44.3 Å². The number of anilines is 1. The van der Waals surface area contributed by atoms with Gasteiger partial charge < -0.3 is 9.47 Å². The summed E-state index contributed by atoms with van der Waals surface area (Å²) < 4.78 is 61.1. The molecule has 1 aromatic heterocycles. The van der Waals surface area contributed by atoms with Crippen molar-refractivity contribution in [1.82, 2.24) is 9.88 Å². The third-order valence-corrected chi connectivity index (χ3v) is 5.91. The molecule has 12 heteroatoms. The normalized spacial score (nSPS) is 14.7. The number of morpholine rings is 1. The number of benzene rings is 2. The Morgan fingerprint density at radius 3 is 2.64 bits per heavy atom. The Labute approximate surface area is 197 Å². The van der Waals surface area contributed by atoms with Crippen LogP contribution in [0.2, 0.25) is 0 Å². The van der Waals surface area contributed by atoms with E-state index < -0.39 is 18.1 Å². The molecule has 0 atom stereocenters. The quantitative estimate of drug-likeness (QED) is 0.453. The number of hydrogen-bond acceptors (Lipinski definition) is 6. The number of ether oxygens (including phenoxy) is 2. The smallest absolute Gasteiger partial charge is 0.406 e. The van der Waals surface area contributed by atoms with Gasteiger partial charge in [0.15, 0.2) is 5.13 Å². The zero-order valence-corrected chi connectivity index (χ0v) is 18.8. The molecule has 0 spiro atoms. The monoisotopic (exact) mass is 505 g/mol. The summed E-state index contributed by atoms with van der Waals surface area (Å²) in [6.45, 7) is 3.46. The molecule has 178 valence electrons. The number of aromatic nitrogens is 1. The van der Waals surface area contributed by atoms with Crippen molar-refractivity contribution in [3.05, 3.63) is 53.8 Å². The summed E-state index contributed by atoms with van der Waals surface area (Å²) >= 11 is 1.07. The zero-order chi connectivity index (χ0) is 22.7. The number of alkyl halides is 3. The number of amides is 1. The minimum absolute atomic E-state index is 0. The Bertz CT molecular complexity index is 1110. The number of thiazole rings is 1. The molecule has 0 unspecified atom stereocenters. The Morgan fingerprint density at radius 1 is 1.18 bits per heavy atom. The van der Waals surface area contributed by atoms with Crippen LogP contribution in [-0.2, 0) is 4.74 Å². The summed E-state index contributed by atoms with van der Waals surface area (Å²) in [6, 6.07) is 9.16. The van der Waals surface area contributed by atoms with Gasteiger partial charge in [-0.15, -0.1) is 25.6 Å². The van der Waals surface area contributed by atoms with Crippen molar-refractivity contribution >= 4 is 45.0 Å². The zero-order valence-electron chi connectivity index (χ0n) is 17.2. The summed E-state index contributed by atoms with van der Waals surface area (Å²) in [5.74, 6) is -1.35. The van der Waals surface area contributed by atoms with E-state index >= 15 is 0 Å². The summed E-state index contributed by atoms with van der Waals surface area (Å²) in [4.78, 5) is 21.2. The van der Waals surface area contributed by atoms with Crippen LogP contribution in [0.25, 0.3) is 10.2 Å². The lowest BCUT2D eigenvalue weighted by Gasteiger charge is -2.29. The number of carbonyl (C=O) groups is 1. The molecule has 1 saturated heterocycles. The van der Waals surface area contributed by atoms with Gasteiger partial charge in [0, 0.05) is 37.8 Å². The van der Waals surface area contributed by atoms with Crippen molar-refractivity contribution < 1.29 is 31.8 Å². The molecule has 0 N–H and O–H groups in total. The highest BCUT2D eigenvalue weighted by Crippen LogP contribution is 2.34. The van der Waals surface area contributed by atoms with Crippen molar-refractivity contribution in [2.24, 2.45) is 0 Å². The van der Waals surface area contributed by atoms with Gasteiger partial charge in [0.05, 0.1) is 23.4 Å². The van der Waals surface area contributed by atoms with Crippen molar-refractivity contribution in [2.45, 2.75) is 6.36 Å². The van der Waals surface area contributed by atoms with Crippen LogP contribution >= 0.6 is 23.7 Å². The molecular weight excluding hydrogens is 486 g/mol. The fraction of sp³-hybridized carbons (Fsp3) is 0.333. The molecule has 0 bridgehead atoms. The summed E-state index contributed by atoms with van der Waals surface area (Å²) in [6.07, 6.45) is -4.81.